The van der Waals surface area contributed by atoms with Crippen molar-refractivity contribution in [3.8, 4) is 11.3 Å². The first kappa shape index (κ1) is 20.0. The fourth-order valence-corrected chi connectivity index (χ4v) is 5.11. The number of carbonyl (C=O) groups is 2. The van der Waals surface area contributed by atoms with Crippen molar-refractivity contribution < 1.29 is 14.0 Å². The molecule has 2 aromatic heterocycles. The van der Waals surface area contributed by atoms with Gasteiger partial charge in [-0.3, -0.25) is 9.59 Å². The second kappa shape index (κ2) is 8.22. The molecule has 2 amide bonds. The first-order chi connectivity index (χ1) is 13.9. The molecule has 3 N–H and O–H groups in total. The highest BCUT2D eigenvalue weighted by atomic mass is 35.5. The lowest BCUT2D eigenvalue weighted by Gasteiger charge is -2.05. The minimum atomic E-state index is -0.518. The molecule has 0 bridgehead atoms. The van der Waals surface area contributed by atoms with Crippen molar-refractivity contribution in [3.05, 3.63) is 62.1 Å². The maximum absolute atomic E-state index is 12.7. The molecule has 0 aliphatic heterocycles. The number of carbonyl (C=O) groups excluding carboxylic acids is 2. The third-order valence-corrected chi connectivity index (χ3v) is 6.87. The van der Waals surface area contributed by atoms with Gasteiger partial charge in [-0.1, -0.05) is 29.6 Å². The number of anilines is 1. The summed E-state index contributed by atoms with van der Waals surface area (Å²) in [6.45, 7) is 0. The summed E-state index contributed by atoms with van der Waals surface area (Å²) in [6.07, 6.45) is 4.93. The number of benzene rings is 1. The second-order valence-electron chi connectivity index (χ2n) is 6.88. The van der Waals surface area contributed by atoms with Crippen LogP contribution in [-0.2, 0) is 12.8 Å². The van der Waals surface area contributed by atoms with Crippen LogP contribution in [0.2, 0.25) is 10.0 Å². The molecule has 0 unspecified atom stereocenters. The molecular formula is C21H18Cl2N2O3S. The minimum absolute atomic E-state index is 0.130. The molecule has 1 aliphatic carbocycles. The van der Waals surface area contributed by atoms with E-state index in [0.29, 0.717) is 31.9 Å². The van der Waals surface area contributed by atoms with Crippen molar-refractivity contribution in [2.75, 3.05) is 5.32 Å². The Labute approximate surface area is 181 Å². The maximum Gasteiger partial charge on any atom is 0.292 e. The van der Waals surface area contributed by atoms with E-state index in [2.05, 4.69) is 5.32 Å². The van der Waals surface area contributed by atoms with Gasteiger partial charge in [0.05, 0.1) is 15.6 Å². The van der Waals surface area contributed by atoms with Gasteiger partial charge in [-0.15, -0.1) is 11.3 Å². The summed E-state index contributed by atoms with van der Waals surface area (Å²) in [5.74, 6) is -0.332. The Bertz CT molecular complexity index is 1100. The molecule has 0 saturated carbocycles. The Morgan fingerprint density at radius 3 is 2.59 bits per heavy atom. The van der Waals surface area contributed by atoms with E-state index in [-0.39, 0.29) is 5.76 Å². The zero-order valence-electron chi connectivity index (χ0n) is 15.4. The molecule has 3 aromatic rings. The van der Waals surface area contributed by atoms with Gasteiger partial charge in [-0.25, -0.2) is 0 Å². The molecule has 150 valence electrons. The summed E-state index contributed by atoms with van der Waals surface area (Å²) in [7, 11) is 0. The van der Waals surface area contributed by atoms with Crippen LogP contribution in [0.25, 0.3) is 11.3 Å². The van der Waals surface area contributed by atoms with Gasteiger partial charge >= 0.3 is 0 Å². The zero-order chi connectivity index (χ0) is 20.5. The maximum atomic E-state index is 12.7. The number of thiophene rings is 1. The van der Waals surface area contributed by atoms with E-state index in [4.69, 9.17) is 33.4 Å². The van der Waals surface area contributed by atoms with Crippen LogP contribution in [0.15, 0.2) is 34.7 Å². The number of halogens is 2. The predicted molar refractivity (Wildman–Crippen MR) is 116 cm³/mol. The van der Waals surface area contributed by atoms with E-state index >= 15 is 0 Å². The molecule has 0 atom stereocenters. The third kappa shape index (κ3) is 4.06. The lowest BCUT2D eigenvalue weighted by molar-refractivity contribution is 0.0998. The van der Waals surface area contributed by atoms with E-state index < -0.39 is 11.8 Å². The van der Waals surface area contributed by atoms with E-state index in [9.17, 15) is 9.59 Å². The summed E-state index contributed by atoms with van der Waals surface area (Å²) >= 11 is 13.4. The molecule has 1 aliphatic rings. The fraction of sp³-hybridized carbons (Fsp3) is 0.238. The molecular weight excluding hydrogens is 431 g/mol. The predicted octanol–water partition coefficient (Wildman–Crippen LogP) is 5.94. The van der Waals surface area contributed by atoms with Crippen molar-refractivity contribution in [1.82, 2.24) is 0 Å². The highest BCUT2D eigenvalue weighted by Gasteiger charge is 2.25. The van der Waals surface area contributed by atoms with E-state index in [1.165, 1.54) is 11.3 Å². The van der Waals surface area contributed by atoms with Crippen LogP contribution in [0.4, 0.5) is 5.00 Å². The van der Waals surface area contributed by atoms with Crippen molar-refractivity contribution >= 4 is 51.4 Å². The van der Waals surface area contributed by atoms with Crippen molar-refractivity contribution in [2.24, 2.45) is 5.73 Å². The summed E-state index contributed by atoms with van der Waals surface area (Å²) in [6, 6.07) is 8.37. The van der Waals surface area contributed by atoms with E-state index in [1.54, 1.807) is 30.3 Å². The molecule has 2 heterocycles. The van der Waals surface area contributed by atoms with Crippen LogP contribution in [0, 0.1) is 0 Å². The minimum Gasteiger partial charge on any atom is -0.451 e. The number of aryl methyl sites for hydroxylation is 1. The molecule has 5 nitrogen and oxygen atoms in total. The van der Waals surface area contributed by atoms with Gasteiger partial charge in [0.15, 0.2) is 5.76 Å². The molecule has 0 radical (unpaired) electrons. The summed E-state index contributed by atoms with van der Waals surface area (Å²) in [5.41, 5.74) is 7.74. The number of nitrogens with one attached hydrogen (secondary N) is 1. The summed E-state index contributed by atoms with van der Waals surface area (Å²) in [5, 5.41) is 4.14. The van der Waals surface area contributed by atoms with Gasteiger partial charge < -0.3 is 15.5 Å². The van der Waals surface area contributed by atoms with Crippen LogP contribution >= 0.6 is 34.5 Å². The number of hydrogen-bond acceptors (Lipinski definition) is 4. The van der Waals surface area contributed by atoms with Gasteiger partial charge in [-0.2, -0.15) is 0 Å². The molecule has 1 aromatic carbocycles. The fourth-order valence-electron chi connectivity index (χ4n) is 3.52. The second-order valence-corrected chi connectivity index (χ2v) is 8.80. The van der Waals surface area contributed by atoms with Gasteiger partial charge in [0.25, 0.3) is 11.8 Å². The topological polar surface area (TPSA) is 85.3 Å². The number of nitrogens with two attached hydrogens (primary N) is 1. The van der Waals surface area contributed by atoms with E-state index in [1.807, 2.05) is 0 Å². The van der Waals surface area contributed by atoms with Crippen LogP contribution < -0.4 is 11.1 Å². The highest BCUT2D eigenvalue weighted by molar-refractivity contribution is 7.17. The Morgan fingerprint density at radius 2 is 1.83 bits per heavy atom. The van der Waals surface area contributed by atoms with Crippen molar-refractivity contribution in [1.29, 1.82) is 0 Å². The summed E-state index contributed by atoms with van der Waals surface area (Å²) in [4.78, 5) is 25.9. The molecule has 4 rings (SSSR count). The standard InChI is InChI=1S/C21H18Cl2N2O3S/c22-13-7-6-11(10-14(13)23)15-8-9-16(28-15)20(27)25-21-18(19(24)26)12-4-2-1-3-5-17(12)29-21/h6-10H,1-5H2,(H2,24,26)(H,25,27). The average molecular weight is 449 g/mol. The quantitative estimate of drug-likeness (QED) is 0.484. The molecule has 0 fully saturated rings. The number of hydrogen-bond donors (Lipinski definition) is 2. The molecule has 29 heavy (non-hydrogen) atoms. The highest BCUT2D eigenvalue weighted by Crippen LogP contribution is 2.37. The largest absolute Gasteiger partial charge is 0.451 e. The monoisotopic (exact) mass is 448 g/mol. The lowest BCUT2D eigenvalue weighted by atomic mass is 10.1. The lowest BCUT2D eigenvalue weighted by Crippen LogP contribution is -2.17. The Balaban J connectivity index is 1.60. The molecule has 8 heteroatoms. The molecule has 0 spiro atoms. The van der Waals surface area contributed by atoms with Crippen LogP contribution in [0.1, 0.15) is 50.6 Å². The number of furan rings is 1. The van der Waals surface area contributed by atoms with Crippen LogP contribution in [-0.4, -0.2) is 11.8 Å². The number of rotatable bonds is 4. The number of primary amides is 1. The van der Waals surface area contributed by atoms with E-state index in [0.717, 1.165) is 42.5 Å². The first-order valence-electron chi connectivity index (χ1n) is 9.25. The van der Waals surface area contributed by atoms with Crippen molar-refractivity contribution in [2.45, 2.75) is 32.1 Å². The smallest absolute Gasteiger partial charge is 0.292 e. The van der Waals surface area contributed by atoms with Crippen molar-refractivity contribution in [3.63, 3.8) is 0 Å². The SMILES string of the molecule is NC(=O)c1c(NC(=O)c2ccc(-c3ccc(Cl)c(Cl)c3)o2)sc2c1CCCCC2. The van der Waals surface area contributed by atoms with Gasteiger partial charge in [-0.05, 0) is 61.6 Å². The summed E-state index contributed by atoms with van der Waals surface area (Å²) < 4.78 is 5.70. The number of fused-ring (bicyclic) bond motifs is 1. The molecule has 0 saturated heterocycles. The average Bonchev–Trinajstić information content (AvgIpc) is 3.23. The Morgan fingerprint density at radius 1 is 1.03 bits per heavy atom. The third-order valence-electron chi connectivity index (χ3n) is 4.93. The van der Waals surface area contributed by atoms with Crippen LogP contribution in [0.3, 0.4) is 0 Å². The van der Waals surface area contributed by atoms with Gasteiger partial charge in [0, 0.05) is 10.4 Å². The first-order valence-corrected chi connectivity index (χ1v) is 10.8. The Kier molecular flexibility index (Phi) is 5.67. The Hall–Kier alpha value is -2.28. The number of amides is 2. The van der Waals surface area contributed by atoms with Crippen LogP contribution in [0.5, 0.6) is 0 Å². The zero-order valence-corrected chi connectivity index (χ0v) is 17.7. The normalized spacial score (nSPS) is 13.6. The van der Waals surface area contributed by atoms with Gasteiger partial charge in [0.1, 0.15) is 10.8 Å². The van der Waals surface area contributed by atoms with Gasteiger partial charge in [0.2, 0.25) is 0 Å².